The largest absolute Gasteiger partial charge is 0.376 e. The number of hydrogen-bond donors (Lipinski definition) is 0. The van der Waals surface area contributed by atoms with Crippen LogP contribution in [0.3, 0.4) is 0 Å². The SMILES string of the molecule is CCCCCc1ccc(N2B3c4cc5c(cc4-n4c6ccccc6c6c(-c7ccc8c(c7)C(C)(C)c7ccccc7-8)cc(c3c64)-c3cc(N(c4ccccc4)c4ccccc4)ccc32)-c2ccccc2C5(C)C)cc1. The molecule has 0 saturated carbocycles. The summed E-state index contributed by atoms with van der Waals surface area (Å²) in [5, 5.41) is 2.60. The van der Waals surface area contributed by atoms with Crippen LogP contribution in [0.2, 0.25) is 0 Å². The van der Waals surface area contributed by atoms with Gasteiger partial charge < -0.3 is 14.3 Å². The lowest BCUT2D eigenvalue weighted by atomic mass is 9.43. The second-order valence-corrected chi connectivity index (χ2v) is 22.6. The Morgan fingerprint density at radius 1 is 0.453 bits per heavy atom. The van der Waals surface area contributed by atoms with Crippen LogP contribution in [0.15, 0.2) is 212 Å². The highest BCUT2D eigenvalue weighted by Gasteiger charge is 2.47. The minimum Gasteiger partial charge on any atom is -0.376 e. The van der Waals surface area contributed by atoms with Gasteiger partial charge in [0.2, 0.25) is 0 Å². The van der Waals surface area contributed by atoms with E-state index >= 15 is 0 Å². The Hall–Kier alpha value is -8.34. The molecule has 0 fully saturated rings. The van der Waals surface area contributed by atoms with E-state index in [-0.39, 0.29) is 17.7 Å². The number of hydrogen-bond acceptors (Lipinski definition) is 2. The molecule has 4 heteroatoms. The number of para-hydroxylation sites is 3. The summed E-state index contributed by atoms with van der Waals surface area (Å²) >= 11 is 0. The van der Waals surface area contributed by atoms with Crippen molar-refractivity contribution in [1.29, 1.82) is 0 Å². The average molecular weight is 964 g/mol. The van der Waals surface area contributed by atoms with Gasteiger partial charge >= 0.3 is 6.85 Å². The van der Waals surface area contributed by atoms with Crippen molar-refractivity contribution >= 4 is 68.0 Å². The zero-order valence-corrected chi connectivity index (χ0v) is 43.5. The van der Waals surface area contributed by atoms with E-state index in [1.807, 2.05) is 0 Å². The Balaban J connectivity index is 1.07. The highest BCUT2D eigenvalue weighted by Crippen LogP contribution is 2.55. The Morgan fingerprint density at radius 2 is 1.08 bits per heavy atom. The van der Waals surface area contributed by atoms with Gasteiger partial charge in [-0.15, -0.1) is 0 Å². The second-order valence-electron chi connectivity index (χ2n) is 22.6. The molecule has 2 aliphatic carbocycles. The van der Waals surface area contributed by atoms with Crippen molar-refractivity contribution in [2.75, 3.05) is 9.71 Å². The Kier molecular flexibility index (Phi) is 9.62. The standard InChI is InChI=1S/C71H58BN3/c1-6-7-10-21-45-32-35-49(36-33-45)75-65-39-37-50(73(47-22-11-8-12-23-47)48-24-13-9-14-25-48)41-57(65)58-42-55(46-34-38-53-51-26-15-18-29-59(51)70(2,3)61(53)40-46)67-54-28-17-20-31-64(54)74-66-43-56-52-27-16-19-30-60(52)71(4,5)62(56)44-63(66)72(75)68(58)69(67)74/h8-9,11-20,22-44H,6-7,10,21H2,1-5H3. The van der Waals surface area contributed by atoms with E-state index in [1.165, 1.54) is 141 Å². The van der Waals surface area contributed by atoms with Crippen molar-refractivity contribution in [3.63, 3.8) is 0 Å². The third kappa shape index (κ3) is 6.29. The van der Waals surface area contributed by atoms with Crippen molar-refractivity contribution in [3.8, 4) is 50.2 Å². The number of aromatic nitrogens is 1. The van der Waals surface area contributed by atoms with Crippen LogP contribution >= 0.6 is 0 Å². The van der Waals surface area contributed by atoms with E-state index in [1.54, 1.807) is 0 Å². The summed E-state index contributed by atoms with van der Waals surface area (Å²) in [5.74, 6) is 0. The molecule has 0 amide bonds. The maximum Gasteiger partial charge on any atom is 0.333 e. The number of rotatable bonds is 9. The van der Waals surface area contributed by atoms with E-state index in [9.17, 15) is 0 Å². The molecule has 3 nitrogen and oxygen atoms in total. The highest BCUT2D eigenvalue weighted by atomic mass is 15.1. The minimum atomic E-state index is -0.173. The van der Waals surface area contributed by atoms with Crippen molar-refractivity contribution in [1.82, 2.24) is 4.57 Å². The normalized spacial score (nSPS) is 14.6. The van der Waals surface area contributed by atoms with Gasteiger partial charge in [-0.2, -0.15) is 0 Å². The third-order valence-corrected chi connectivity index (χ3v) is 17.8. The van der Waals surface area contributed by atoms with Crippen LogP contribution in [0.5, 0.6) is 0 Å². The molecule has 4 aliphatic rings. The Bertz CT molecular complexity index is 4100. The molecule has 1 aromatic heterocycles. The molecule has 0 radical (unpaired) electrons. The fourth-order valence-electron chi connectivity index (χ4n) is 14.1. The van der Waals surface area contributed by atoms with E-state index in [0.717, 1.165) is 23.5 Å². The molecule has 2 aliphatic heterocycles. The van der Waals surface area contributed by atoms with E-state index < -0.39 is 0 Å². The maximum absolute atomic E-state index is 2.71. The molecule has 0 spiro atoms. The topological polar surface area (TPSA) is 11.4 Å². The van der Waals surface area contributed by atoms with E-state index in [2.05, 4.69) is 261 Å². The first-order valence-corrected chi connectivity index (χ1v) is 27.3. The van der Waals surface area contributed by atoms with Crippen molar-refractivity contribution < 1.29 is 0 Å². The summed E-state index contributed by atoms with van der Waals surface area (Å²) in [4.78, 5) is 5.13. The molecule has 360 valence electrons. The monoisotopic (exact) mass is 963 g/mol. The number of fused-ring (bicyclic) bond motifs is 14. The summed E-state index contributed by atoms with van der Waals surface area (Å²) < 4.78 is 2.67. The number of nitrogens with zero attached hydrogens (tertiary/aromatic N) is 3. The lowest BCUT2D eigenvalue weighted by molar-refractivity contribution is 0.660. The van der Waals surface area contributed by atoms with Crippen LogP contribution in [-0.4, -0.2) is 11.4 Å². The lowest BCUT2D eigenvalue weighted by Crippen LogP contribution is -2.60. The van der Waals surface area contributed by atoms with Gasteiger partial charge in [0.1, 0.15) is 0 Å². The fraction of sp³-hybridized carbons (Fsp3) is 0.155. The summed E-state index contributed by atoms with van der Waals surface area (Å²) in [5.41, 5.74) is 29.4. The first kappa shape index (κ1) is 44.2. The van der Waals surface area contributed by atoms with Crippen molar-refractivity contribution in [2.45, 2.75) is 71.1 Å². The molecule has 11 aromatic rings. The molecule has 75 heavy (non-hydrogen) atoms. The highest BCUT2D eigenvalue weighted by molar-refractivity contribution is 6.93. The van der Waals surface area contributed by atoms with Gasteiger partial charge in [-0.05, 0) is 169 Å². The van der Waals surface area contributed by atoms with E-state index in [0.29, 0.717) is 0 Å². The zero-order valence-electron chi connectivity index (χ0n) is 43.5. The van der Waals surface area contributed by atoms with Gasteiger partial charge in [0, 0.05) is 61.3 Å². The summed E-state index contributed by atoms with van der Waals surface area (Å²) in [7, 11) is 0. The third-order valence-electron chi connectivity index (χ3n) is 17.8. The van der Waals surface area contributed by atoms with Gasteiger partial charge in [-0.25, -0.2) is 0 Å². The van der Waals surface area contributed by atoms with Crippen LogP contribution in [-0.2, 0) is 17.3 Å². The smallest absolute Gasteiger partial charge is 0.333 e. The quantitative estimate of drug-likeness (QED) is 0.105. The molecule has 0 atom stereocenters. The number of benzene rings is 10. The number of anilines is 5. The molecule has 0 saturated heterocycles. The van der Waals surface area contributed by atoms with Crippen LogP contribution < -0.4 is 20.6 Å². The fourth-order valence-corrected chi connectivity index (χ4v) is 14.1. The molecule has 10 aromatic carbocycles. The van der Waals surface area contributed by atoms with Crippen molar-refractivity contribution in [3.05, 3.63) is 240 Å². The maximum atomic E-state index is 2.71. The predicted octanol–water partition coefficient (Wildman–Crippen LogP) is 17.5. The van der Waals surface area contributed by atoms with Gasteiger partial charge in [-0.3, -0.25) is 0 Å². The minimum absolute atomic E-state index is 0.120. The Morgan fingerprint density at radius 3 is 1.79 bits per heavy atom. The van der Waals surface area contributed by atoms with E-state index in [4.69, 9.17) is 0 Å². The van der Waals surface area contributed by atoms with Crippen LogP contribution in [0.1, 0.15) is 81.7 Å². The second kappa shape index (κ2) is 16.3. The van der Waals surface area contributed by atoms with Crippen LogP contribution in [0.25, 0.3) is 72.0 Å². The first-order chi connectivity index (χ1) is 36.7. The molecule has 0 unspecified atom stereocenters. The summed E-state index contributed by atoms with van der Waals surface area (Å²) in [6.45, 7) is 11.8. The van der Waals surface area contributed by atoms with Crippen LogP contribution in [0, 0.1) is 0 Å². The van der Waals surface area contributed by atoms with Gasteiger partial charge in [0.15, 0.2) is 0 Å². The zero-order chi connectivity index (χ0) is 50.3. The van der Waals surface area contributed by atoms with Gasteiger partial charge in [0.25, 0.3) is 0 Å². The molecule has 0 bridgehead atoms. The predicted molar refractivity (Wildman–Crippen MR) is 318 cm³/mol. The molecule has 3 heterocycles. The summed E-state index contributed by atoms with van der Waals surface area (Å²) in [6, 6.07) is 81.2. The molecule has 0 N–H and O–H groups in total. The number of aryl methyl sites for hydroxylation is 1. The van der Waals surface area contributed by atoms with Crippen LogP contribution in [0.4, 0.5) is 28.4 Å². The molecular weight excluding hydrogens is 906 g/mol. The summed E-state index contributed by atoms with van der Waals surface area (Å²) in [6.07, 6.45) is 4.76. The molecular formula is C71H58BN3. The number of unbranched alkanes of at least 4 members (excludes halogenated alkanes) is 2. The van der Waals surface area contributed by atoms with Gasteiger partial charge in [0.05, 0.1) is 11.0 Å². The molecule has 15 rings (SSSR count). The average Bonchev–Trinajstić information content (AvgIpc) is 4.12. The lowest BCUT2D eigenvalue weighted by Gasteiger charge is -2.43. The first-order valence-electron chi connectivity index (χ1n) is 27.3. The Labute approximate surface area is 441 Å². The van der Waals surface area contributed by atoms with Crippen molar-refractivity contribution in [2.24, 2.45) is 0 Å². The van der Waals surface area contributed by atoms with Gasteiger partial charge in [-0.1, -0.05) is 181 Å².